The fourth-order valence-electron chi connectivity index (χ4n) is 4.66. The maximum atomic E-state index is 12.8. The molecule has 0 radical (unpaired) electrons. The Kier molecular flexibility index (Phi) is 9.29. The minimum absolute atomic E-state index is 0.0437. The van der Waals surface area contributed by atoms with E-state index < -0.39 is 24.0 Å². The van der Waals surface area contributed by atoms with Crippen LogP contribution in [0.1, 0.15) is 63.5 Å². The second-order valence-electron chi connectivity index (χ2n) is 9.57. The van der Waals surface area contributed by atoms with Gasteiger partial charge in [-0.25, -0.2) is 9.59 Å². The monoisotopic (exact) mass is 480 g/mol. The largest absolute Gasteiger partial charge is 0.480 e. The molecular formula is C28H36N2O5. The summed E-state index contributed by atoms with van der Waals surface area (Å²) >= 11 is 0. The van der Waals surface area contributed by atoms with Gasteiger partial charge in [0.05, 0.1) is 5.92 Å². The Bertz CT molecular complexity index is 990. The Morgan fingerprint density at radius 1 is 1.00 bits per heavy atom. The van der Waals surface area contributed by atoms with Crippen molar-refractivity contribution in [2.24, 2.45) is 11.8 Å². The van der Waals surface area contributed by atoms with Gasteiger partial charge >= 0.3 is 12.1 Å². The number of hydrogen-bond donors (Lipinski definition) is 3. The number of benzene rings is 2. The van der Waals surface area contributed by atoms with E-state index in [4.69, 9.17) is 4.74 Å². The summed E-state index contributed by atoms with van der Waals surface area (Å²) in [5.74, 6) is -1.79. The number of carboxylic acid groups (broad SMARTS) is 1. The van der Waals surface area contributed by atoms with Crippen molar-refractivity contribution in [3.05, 3.63) is 59.7 Å². The minimum Gasteiger partial charge on any atom is -0.480 e. The summed E-state index contributed by atoms with van der Waals surface area (Å²) < 4.78 is 5.57. The average Bonchev–Trinajstić information content (AvgIpc) is 3.16. The van der Waals surface area contributed by atoms with Crippen molar-refractivity contribution < 1.29 is 24.2 Å². The molecule has 0 aliphatic heterocycles. The first-order chi connectivity index (χ1) is 16.8. The number of alkyl carbamates (subject to hydrolysis) is 1. The number of ether oxygens (including phenoxy) is 1. The highest BCUT2D eigenvalue weighted by atomic mass is 16.5. The van der Waals surface area contributed by atoms with Crippen molar-refractivity contribution in [3.63, 3.8) is 0 Å². The molecule has 0 saturated heterocycles. The van der Waals surface area contributed by atoms with Crippen LogP contribution in [0.2, 0.25) is 0 Å². The van der Waals surface area contributed by atoms with E-state index >= 15 is 0 Å². The Balaban J connectivity index is 1.58. The Morgan fingerprint density at radius 2 is 1.60 bits per heavy atom. The summed E-state index contributed by atoms with van der Waals surface area (Å²) in [6, 6.07) is 15.3. The highest BCUT2D eigenvalue weighted by molar-refractivity contribution is 5.85. The summed E-state index contributed by atoms with van der Waals surface area (Å²) in [6.45, 7) is 6.22. The van der Waals surface area contributed by atoms with Gasteiger partial charge in [-0.05, 0) is 41.0 Å². The van der Waals surface area contributed by atoms with E-state index in [0.717, 1.165) is 28.7 Å². The van der Waals surface area contributed by atoms with Gasteiger partial charge < -0.3 is 20.5 Å². The lowest BCUT2D eigenvalue weighted by Gasteiger charge is -2.22. The molecule has 2 aromatic carbocycles. The molecular weight excluding hydrogens is 444 g/mol. The first kappa shape index (κ1) is 26.3. The van der Waals surface area contributed by atoms with E-state index in [1.165, 1.54) is 0 Å². The summed E-state index contributed by atoms with van der Waals surface area (Å²) in [5, 5.41) is 14.8. The number of unbranched alkanes of at least 4 members (excludes halogenated alkanes) is 1. The number of nitrogens with one attached hydrogen (secondary N) is 2. The summed E-state index contributed by atoms with van der Waals surface area (Å²) in [4.78, 5) is 36.9. The van der Waals surface area contributed by atoms with Gasteiger partial charge in [-0.3, -0.25) is 4.79 Å². The molecule has 7 nitrogen and oxygen atoms in total. The number of aliphatic carboxylic acids is 1. The highest BCUT2D eigenvalue weighted by Crippen LogP contribution is 2.44. The number of carbonyl (C=O) groups excluding carboxylic acids is 2. The lowest BCUT2D eigenvalue weighted by Crippen LogP contribution is -2.46. The van der Waals surface area contributed by atoms with Crippen LogP contribution in [0.25, 0.3) is 11.1 Å². The van der Waals surface area contributed by atoms with Crippen LogP contribution >= 0.6 is 0 Å². The van der Waals surface area contributed by atoms with Gasteiger partial charge in [0.15, 0.2) is 0 Å². The normalized spacial score (nSPS) is 14.1. The van der Waals surface area contributed by atoms with Crippen molar-refractivity contribution in [3.8, 4) is 11.1 Å². The van der Waals surface area contributed by atoms with Crippen LogP contribution < -0.4 is 10.6 Å². The molecule has 3 N–H and O–H groups in total. The SMILES string of the molecule is CCCCC(NC(=O)C(CNC(=O)OCC1c2ccccc2-c2ccccc21)CC(C)C)C(=O)O. The van der Waals surface area contributed by atoms with Crippen molar-refractivity contribution in [1.29, 1.82) is 0 Å². The molecule has 35 heavy (non-hydrogen) atoms. The average molecular weight is 481 g/mol. The third-order valence-corrected chi connectivity index (χ3v) is 6.42. The molecule has 3 rings (SSSR count). The molecule has 7 heteroatoms. The van der Waals surface area contributed by atoms with Gasteiger partial charge in [-0.2, -0.15) is 0 Å². The van der Waals surface area contributed by atoms with Gasteiger partial charge in [0, 0.05) is 12.5 Å². The molecule has 0 bridgehead atoms. The lowest BCUT2D eigenvalue weighted by atomic mass is 9.95. The standard InChI is InChI=1S/C28H36N2O5/c1-4-5-14-25(27(32)33)30-26(31)19(15-18(2)3)16-29-28(34)35-17-24-22-12-8-6-10-20(22)21-11-7-9-13-23(21)24/h6-13,18-19,24-25H,4-5,14-17H2,1-3H3,(H,29,34)(H,30,31)(H,32,33). The van der Waals surface area contributed by atoms with Gasteiger partial charge in [0.2, 0.25) is 5.91 Å². The molecule has 188 valence electrons. The third kappa shape index (κ3) is 6.84. The van der Waals surface area contributed by atoms with E-state index in [2.05, 4.69) is 34.9 Å². The number of hydrogen-bond acceptors (Lipinski definition) is 4. The fourth-order valence-corrected chi connectivity index (χ4v) is 4.66. The molecule has 2 aromatic rings. The highest BCUT2D eigenvalue weighted by Gasteiger charge is 2.30. The van der Waals surface area contributed by atoms with Gasteiger partial charge in [0.1, 0.15) is 12.6 Å². The van der Waals surface area contributed by atoms with Crippen LogP contribution in [0.3, 0.4) is 0 Å². The molecule has 0 spiro atoms. The van der Waals surface area contributed by atoms with E-state index in [1.54, 1.807) is 0 Å². The first-order valence-corrected chi connectivity index (χ1v) is 12.4. The van der Waals surface area contributed by atoms with Crippen LogP contribution in [0.5, 0.6) is 0 Å². The van der Waals surface area contributed by atoms with Crippen molar-refractivity contribution in [2.45, 2.75) is 58.4 Å². The number of carboxylic acids is 1. The topological polar surface area (TPSA) is 105 Å². The van der Waals surface area contributed by atoms with E-state index in [-0.39, 0.29) is 30.9 Å². The van der Waals surface area contributed by atoms with E-state index in [1.807, 2.05) is 45.0 Å². The van der Waals surface area contributed by atoms with Crippen molar-refractivity contribution >= 4 is 18.0 Å². The van der Waals surface area contributed by atoms with Crippen LogP contribution in [0.4, 0.5) is 4.79 Å². The molecule has 0 heterocycles. The predicted octanol–water partition coefficient (Wildman–Crippen LogP) is 4.95. The zero-order valence-corrected chi connectivity index (χ0v) is 20.8. The summed E-state index contributed by atoms with van der Waals surface area (Å²) in [7, 11) is 0. The predicted molar refractivity (Wildman–Crippen MR) is 135 cm³/mol. The number of carbonyl (C=O) groups is 3. The maximum Gasteiger partial charge on any atom is 0.407 e. The van der Waals surface area contributed by atoms with Gasteiger partial charge in [-0.1, -0.05) is 82.1 Å². The zero-order chi connectivity index (χ0) is 25.4. The molecule has 0 saturated carbocycles. The van der Waals surface area contributed by atoms with Gasteiger partial charge in [0.25, 0.3) is 0 Å². The molecule has 1 aliphatic carbocycles. The lowest BCUT2D eigenvalue weighted by molar-refractivity contribution is -0.142. The van der Waals surface area contributed by atoms with Crippen molar-refractivity contribution in [1.82, 2.24) is 10.6 Å². The zero-order valence-electron chi connectivity index (χ0n) is 20.8. The van der Waals surface area contributed by atoms with Gasteiger partial charge in [-0.15, -0.1) is 0 Å². The van der Waals surface area contributed by atoms with Crippen LogP contribution in [-0.2, 0) is 14.3 Å². The van der Waals surface area contributed by atoms with E-state index in [0.29, 0.717) is 19.3 Å². The smallest absolute Gasteiger partial charge is 0.407 e. The quantitative estimate of drug-likeness (QED) is 0.399. The fraction of sp³-hybridized carbons (Fsp3) is 0.464. The molecule has 2 amide bonds. The van der Waals surface area contributed by atoms with E-state index in [9.17, 15) is 19.5 Å². The van der Waals surface area contributed by atoms with Crippen molar-refractivity contribution in [2.75, 3.05) is 13.2 Å². The molecule has 1 aliphatic rings. The number of fused-ring (bicyclic) bond motifs is 3. The Morgan fingerprint density at radius 3 is 2.14 bits per heavy atom. The van der Waals surface area contributed by atoms with Crippen LogP contribution in [-0.4, -0.2) is 42.3 Å². The molecule has 2 atom stereocenters. The molecule has 0 fully saturated rings. The maximum absolute atomic E-state index is 12.8. The van der Waals surface area contributed by atoms with Crippen LogP contribution in [0, 0.1) is 11.8 Å². The Labute approximate surface area is 207 Å². The first-order valence-electron chi connectivity index (χ1n) is 12.4. The minimum atomic E-state index is -1.04. The van der Waals surface area contributed by atoms with Crippen LogP contribution in [0.15, 0.2) is 48.5 Å². The molecule has 0 aromatic heterocycles. The third-order valence-electron chi connectivity index (χ3n) is 6.42. The number of rotatable bonds is 12. The summed E-state index contributed by atoms with van der Waals surface area (Å²) in [6.07, 6.45) is 1.87. The second kappa shape index (κ2) is 12.4. The second-order valence-corrected chi connectivity index (χ2v) is 9.57. The Hall–Kier alpha value is -3.35. The molecule has 2 unspecified atom stereocenters. The summed E-state index contributed by atoms with van der Waals surface area (Å²) in [5.41, 5.74) is 4.57. The number of amides is 2.